The maximum absolute atomic E-state index is 13.1. The summed E-state index contributed by atoms with van der Waals surface area (Å²) in [5.74, 6) is -0.0891. The molecule has 0 bridgehead atoms. The normalized spacial score (nSPS) is 23.0. The van der Waals surface area contributed by atoms with Crippen molar-refractivity contribution in [2.75, 3.05) is 19.1 Å². The molecule has 0 fully saturated rings. The SMILES string of the molecule is COC1N(C(=O)c2cccc(C)c2)c2ccccc2C1(C)OC. The zero-order valence-corrected chi connectivity index (χ0v) is 13.9. The number of benzene rings is 2. The first-order valence-corrected chi connectivity index (χ1v) is 7.60. The monoisotopic (exact) mass is 311 g/mol. The molecule has 0 spiro atoms. The number of ether oxygens (including phenoxy) is 2. The van der Waals surface area contributed by atoms with E-state index in [1.807, 2.05) is 62.4 Å². The Bertz CT molecular complexity index is 743. The van der Waals surface area contributed by atoms with E-state index in [2.05, 4.69) is 0 Å². The summed E-state index contributed by atoms with van der Waals surface area (Å²) in [6, 6.07) is 15.4. The molecule has 4 nitrogen and oxygen atoms in total. The van der Waals surface area contributed by atoms with Gasteiger partial charge >= 0.3 is 0 Å². The predicted molar refractivity (Wildman–Crippen MR) is 89.6 cm³/mol. The Balaban J connectivity index is 2.13. The second-order valence-corrected chi connectivity index (χ2v) is 5.96. The van der Waals surface area contributed by atoms with Crippen LogP contribution in [0.2, 0.25) is 0 Å². The van der Waals surface area contributed by atoms with E-state index in [4.69, 9.17) is 9.47 Å². The molecular formula is C19H21NO3. The standard InChI is InChI=1S/C19H21NO3/c1-13-8-7-9-14(12-13)17(21)20-16-11-6-5-10-15(16)19(2,23-4)18(20)22-3/h5-12,18H,1-4H3. The molecule has 2 aromatic rings. The molecule has 2 unspecified atom stereocenters. The quantitative estimate of drug-likeness (QED) is 0.871. The molecule has 1 aliphatic heterocycles. The Morgan fingerprint density at radius 1 is 1.13 bits per heavy atom. The number of aryl methyl sites for hydroxylation is 1. The van der Waals surface area contributed by atoms with E-state index in [1.54, 1.807) is 19.1 Å². The number of anilines is 1. The van der Waals surface area contributed by atoms with Crippen LogP contribution in [0.4, 0.5) is 5.69 Å². The van der Waals surface area contributed by atoms with Gasteiger partial charge in [0.25, 0.3) is 5.91 Å². The molecule has 0 radical (unpaired) electrons. The zero-order valence-electron chi connectivity index (χ0n) is 13.9. The number of carbonyl (C=O) groups is 1. The van der Waals surface area contributed by atoms with Crippen LogP contribution in [0, 0.1) is 6.92 Å². The van der Waals surface area contributed by atoms with Gasteiger partial charge < -0.3 is 9.47 Å². The van der Waals surface area contributed by atoms with Crippen LogP contribution in [-0.2, 0) is 15.1 Å². The van der Waals surface area contributed by atoms with Crippen molar-refractivity contribution >= 4 is 11.6 Å². The summed E-state index contributed by atoms with van der Waals surface area (Å²) >= 11 is 0. The van der Waals surface area contributed by atoms with Crippen molar-refractivity contribution in [3.8, 4) is 0 Å². The lowest BCUT2D eigenvalue weighted by atomic mass is 9.97. The van der Waals surface area contributed by atoms with E-state index >= 15 is 0 Å². The summed E-state index contributed by atoms with van der Waals surface area (Å²) in [5.41, 5.74) is 2.77. The van der Waals surface area contributed by atoms with Crippen LogP contribution in [0.3, 0.4) is 0 Å². The number of methoxy groups -OCH3 is 2. The minimum atomic E-state index is -0.704. The van der Waals surface area contributed by atoms with Crippen molar-refractivity contribution in [1.82, 2.24) is 0 Å². The fourth-order valence-electron chi connectivity index (χ4n) is 3.28. The fraction of sp³-hybridized carbons (Fsp3) is 0.316. The zero-order chi connectivity index (χ0) is 16.6. The molecule has 1 heterocycles. The van der Waals surface area contributed by atoms with Gasteiger partial charge in [0.15, 0.2) is 6.23 Å². The Hall–Kier alpha value is -2.17. The van der Waals surface area contributed by atoms with Crippen LogP contribution in [0.1, 0.15) is 28.4 Å². The molecule has 0 aliphatic carbocycles. The topological polar surface area (TPSA) is 38.8 Å². The molecule has 1 amide bonds. The Labute approximate surface area is 136 Å². The third-order valence-corrected chi connectivity index (χ3v) is 4.54. The van der Waals surface area contributed by atoms with Gasteiger partial charge in [0.2, 0.25) is 0 Å². The number of hydrogen-bond donors (Lipinski definition) is 0. The molecule has 0 saturated carbocycles. The van der Waals surface area contributed by atoms with Crippen molar-refractivity contribution < 1.29 is 14.3 Å². The molecule has 2 aromatic carbocycles. The van der Waals surface area contributed by atoms with Crippen LogP contribution in [0.25, 0.3) is 0 Å². The molecule has 1 aliphatic rings. The smallest absolute Gasteiger partial charge is 0.260 e. The van der Waals surface area contributed by atoms with Crippen molar-refractivity contribution in [1.29, 1.82) is 0 Å². The van der Waals surface area contributed by atoms with Crippen LogP contribution in [0.15, 0.2) is 48.5 Å². The van der Waals surface area contributed by atoms with E-state index in [0.29, 0.717) is 5.56 Å². The van der Waals surface area contributed by atoms with Gasteiger partial charge in [-0.3, -0.25) is 9.69 Å². The third kappa shape index (κ3) is 2.35. The van der Waals surface area contributed by atoms with Crippen LogP contribution in [0.5, 0.6) is 0 Å². The number of carbonyl (C=O) groups excluding carboxylic acids is 1. The number of rotatable bonds is 3. The molecule has 0 N–H and O–H groups in total. The number of hydrogen-bond acceptors (Lipinski definition) is 3. The van der Waals surface area contributed by atoms with Gasteiger partial charge in [-0.05, 0) is 32.0 Å². The van der Waals surface area contributed by atoms with Gasteiger partial charge in [-0.1, -0.05) is 35.9 Å². The number of amides is 1. The van der Waals surface area contributed by atoms with Crippen molar-refractivity contribution in [3.63, 3.8) is 0 Å². The number of para-hydroxylation sites is 1. The first kappa shape index (κ1) is 15.7. The Morgan fingerprint density at radius 2 is 1.87 bits per heavy atom. The second-order valence-electron chi connectivity index (χ2n) is 5.96. The summed E-state index contributed by atoms with van der Waals surface area (Å²) in [6.45, 7) is 3.92. The highest BCUT2D eigenvalue weighted by Gasteiger charge is 2.51. The summed E-state index contributed by atoms with van der Waals surface area (Å²) in [4.78, 5) is 14.8. The number of nitrogens with zero attached hydrogens (tertiary/aromatic N) is 1. The van der Waals surface area contributed by atoms with Crippen LogP contribution in [-0.4, -0.2) is 26.4 Å². The molecule has 23 heavy (non-hydrogen) atoms. The molecule has 0 saturated heterocycles. The maximum atomic E-state index is 13.1. The Morgan fingerprint density at radius 3 is 2.52 bits per heavy atom. The minimum absolute atomic E-state index is 0.0891. The van der Waals surface area contributed by atoms with Gasteiger partial charge in [0.05, 0.1) is 5.69 Å². The van der Waals surface area contributed by atoms with Crippen molar-refractivity contribution in [2.45, 2.75) is 25.7 Å². The van der Waals surface area contributed by atoms with Gasteiger partial charge in [-0.15, -0.1) is 0 Å². The van der Waals surface area contributed by atoms with Gasteiger partial charge in [0, 0.05) is 25.3 Å². The maximum Gasteiger partial charge on any atom is 0.260 e. The van der Waals surface area contributed by atoms with Gasteiger partial charge in [-0.2, -0.15) is 0 Å². The van der Waals surface area contributed by atoms with Crippen LogP contribution < -0.4 is 4.90 Å². The van der Waals surface area contributed by atoms with Crippen molar-refractivity contribution in [2.24, 2.45) is 0 Å². The summed E-state index contributed by atoms with van der Waals surface area (Å²) < 4.78 is 11.4. The summed E-state index contributed by atoms with van der Waals surface area (Å²) in [5, 5.41) is 0. The van der Waals surface area contributed by atoms with E-state index in [1.165, 1.54) is 0 Å². The summed E-state index contributed by atoms with van der Waals surface area (Å²) in [6.07, 6.45) is -0.516. The lowest BCUT2D eigenvalue weighted by Crippen LogP contribution is -2.48. The van der Waals surface area contributed by atoms with E-state index in [9.17, 15) is 4.79 Å². The van der Waals surface area contributed by atoms with Crippen LogP contribution >= 0.6 is 0 Å². The van der Waals surface area contributed by atoms with Gasteiger partial charge in [0.1, 0.15) is 5.60 Å². The average Bonchev–Trinajstić information content (AvgIpc) is 2.83. The molecule has 3 rings (SSSR count). The van der Waals surface area contributed by atoms with E-state index in [-0.39, 0.29) is 5.91 Å². The second kappa shape index (κ2) is 5.80. The first-order chi connectivity index (χ1) is 11.0. The highest BCUT2D eigenvalue weighted by molar-refractivity contribution is 6.08. The molecule has 120 valence electrons. The third-order valence-electron chi connectivity index (χ3n) is 4.54. The largest absolute Gasteiger partial charge is 0.369 e. The lowest BCUT2D eigenvalue weighted by Gasteiger charge is -2.33. The van der Waals surface area contributed by atoms with E-state index < -0.39 is 11.8 Å². The highest BCUT2D eigenvalue weighted by atomic mass is 16.6. The highest BCUT2D eigenvalue weighted by Crippen LogP contribution is 2.46. The van der Waals surface area contributed by atoms with E-state index in [0.717, 1.165) is 16.8 Å². The lowest BCUT2D eigenvalue weighted by molar-refractivity contribution is -0.0994. The van der Waals surface area contributed by atoms with Gasteiger partial charge in [-0.25, -0.2) is 0 Å². The summed E-state index contributed by atoms with van der Waals surface area (Å²) in [7, 11) is 3.24. The minimum Gasteiger partial charge on any atom is -0.369 e. The predicted octanol–water partition coefficient (Wildman–Crippen LogP) is 3.49. The average molecular weight is 311 g/mol. The fourth-order valence-corrected chi connectivity index (χ4v) is 3.28. The first-order valence-electron chi connectivity index (χ1n) is 7.60. The van der Waals surface area contributed by atoms with Crippen molar-refractivity contribution in [3.05, 3.63) is 65.2 Å². The Kier molecular flexibility index (Phi) is 3.96. The number of fused-ring (bicyclic) bond motifs is 1. The molecule has 4 heteroatoms. The molecular weight excluding hydrogens is 290 g/mol. The molecule has 0 aromatic heterocycles. The molecule has 2 atom stereocenters.